The molecule has 1 saturated heterocycles. The molecule has 1 aromatic carbocycles. The molecule has 1 amide bonds. The summed E-state index contributed by atoms with van der Waals surface area (Å²) in [5, 5.41) is 3.36. The maximum atomic E-state index is 12.3. The zero-order valence-electron chi connectivity index (χ0n) is 12.2. The summed E-state index contributed by atoms with van der Waals surface area (Å²) in [6, 6.07) is 6.20. The summed E-state index contributed by atoms with van der Waals surface area (Å²) in [6.45, 7) is 6.25. The van der Waals surface area contributed by atoms with Crippen LogP contribution in [-0.4, -0.2) is 26.0 Å². The van der Waals surface area contributed by atoms with Crippen LogP contribution in [0.2, 0.25) is 0 Å². The summed E-state index contributed by atoms with van der Waals surface area (Å²) < 4.78 is 0. The van der Waals surface area contributed by atoms with Gasteiger partial charge in [-0.25, -0.2) is 0 Å². The first-order chi connectivity index (χ1) is 9.08. The molecule has 0 saturated carbocycles. The summed E-state index contributed by atoms with van der Waals surface area (Å²) >= 11 is 0. The quantitative estimate of drug-likeness (QED) is 0.906. The van der Waals surface area contributed by atoms with Crippen molar-refractivity contribution in [2.45, 2.75) is 33.1 Å². The van der Waals surface area contributed by atoms with E-state index in [-0.39, 0.29) is 5.91 Å². The minimum Gasteiger partial charge on any atom is -0.316 e. The minimum absolute atomic E-state index is 0.219. The number of nitrogens with zero attached hydrogens (tertiary/aromatic N) is 1. The van der Waals surface area contributed by atoms with Gasteiger partial charge in [0.25, 0.3) is 0 Å². The van der Waals surface area contributed by atoms with Crippen LogP contribution in [0.25, 0.3) is 0 Å². The van der Waals surface area contributed by atoms with Gasteiger partial charge >= 0.3 is 0 Å². The summed E-state index contributed by atoms with van der Waals surface area (Å²) in [4.78, 5) is 14.1. The number of carbonyl (C=O) groups is 1. The zero-order chi connectivity index (χ0) is 13.8. The van der Waals surface area contributed by atoms with Crippen molar-refractivity contribution in [3.8, 4) is 0 Å². The molecule has 104 valence electrons. The predicted molar refractivity (Wildman–Crippen MR) is 79.5 cm³/mol. The summed E-state index contributed by atoms with van der Waals surface area (Å²) in [5.74, 6) is 0.715. The van der Waals surface area contributed by atoms with Gasteiger partial charge in [-0.2, -0.15) is 0 Å². The largest absolute Gasteiger partial charge is 0.316 e. The van der Waals surface area contributed by atoms with Crippen molar-refractivity contribution in [3.63, 3.8) is 0 Å². The molecule has 0 aromatic heterocycles. The lowest BCUT2D eigenvalue weighted by Gasteiger charge is -2.25. The molecule has 3 heteroatoms. The Bertz CT molecular complexity index is 450. The number of hydrogen-bond acceptors (Lipinski definition) is 2. The van der Waals surface area contributed by atoms with Crippen LogP contribution >= 0.6 is 0 Å². The van der Waals surface area contributed by atoms with E-state index >= 15 is 0 Å². The van der Waals surface area contributed by atoms with Gasteiger partial charge in [0, 0.05) is 19.2 Å². The molecule has 1 fully saturated rings. The normalized spacial score (nSPS) is 19.2. The van der Waals surface area contributed by atoms with Crippen LogP contribution in [0.4, 0.5) is 5.69 Å². The Hall–Kier alpha value is -1.35. The lowest BCUT2D eigenvalue weighted by Crippen LogP contribution is -2.35. The van der Waals surface area contributed by atoms with E-state index in [0.29, 0.717) is 12.3 Å². The number of rotatable bonds is 3. The minimum atomic E-state index is 0.219. The van der Waals surface area contributed by atoms with E-state index in [9.17, 15) is 4.79 Å². The smallest absolute Gasteiger partial charge is 0.227 e. The first kappa shape index (κ1) is 14.1. The van der Waals surface area contributed by atoms with E-state index in [4.69, 9.17) is 0 Å². The molecular weight excluding hydrogens is 236 g/mol. The molecule has 1 N–H and O–H groups in total. The molecule has 0 spiro atoms. The topological polar surface area (TPSA) is 32.3 Å². The van der Waals surface area contributed by atoms with E-state index in [1.807, 2.05) is 13.1 Å². The van der Waals surface area contributed by atoms with Gasteiger partial charge in [0.15, 0.2) is 0 Å². The SMILES string of the molecule is Cc1ccc(N(C)C(=O)CC2CCCNC2)cc1C. The molecular formula is C16H24N2O. The number of hydrogen-bond donors (Lipinski definition) is 1. The molecule has 1 aliphatic rings. The molecule has 19 heavy (non-hydrogen) atoms. The van der Waals surface area contributed by atoms with Gasteiger partial charge in [-0.1, -0.05) is 6.07 Å². The fourth-order valence-corrected chi connectivity index (χ4v) is 2.56. The lowest BCUT2D eigenvalue weighted by molar-refractivity contribution is -0.119. The molecule has 0 bridgehead atoms. The Balaban J connectivity index is 1.99. The van der Waals surface area contributed by atoms with E-state index in [1.165, 1.54) is 24.0 Å². The Kier molecular flexibility index (Phi) is 4.59. The van der Waals surface area contributed by atoms with Crippen LogP contribution in [0, 0.1) is 19.8 Å². The monoisotopic (exact) mass is 260 g/mol. The molecule has 0 radical (unpaired) electrons. The van der Waals surface area contributed by atoms with Crippen molar-refractivity contribution in [2.75, 3.05) is 25.0 Å². The molecule has 1 unspecified atom stereocenters. The Morgan fingerprint density at radius 2 is 2.16 bits per heavy atom. The number of aryl methyl sites for hydroxylation is 2. The highest BCUT2D eigenvalue weighted by Crippen LogP contribution is 2.21. The fourth-order valence-electron chi connectivity index (χ4n) is 2.56. The molecule has 1 atom stereocenters. The summed E-state index contributed by atoms with van der Waals surface area (Å²) in [6.07, 6.45) is 3.00. The number of nitrogens with one attached hydrogen (secondary N) is 1. The first-order valence-electron chi connectivity index (χ1n) is 7.12. The molecule has 1 aromatic rings. The van der Waals surface area contributed by atoms with Gasteiger partial charge in [0.2, 0.25) is 5.91 Å². The highest BCUT2D eigenvalue weighted by molar-refractivity contribution is 5.93. The number of carbonyl (C=O) groups excluding carboxylic acids is 1. The van der Waals surface area contributed by atoms with Crippen LogP contribution in [-0.2, 0) is 4.79 Å². The lowest BCUT2D eigenvalue weighted by atomic mass is 9.95. The average molecular weight is 260 g/mol. The van der Waals surface area contributed by atoms with Gasteiger partial charge in [0.1, 0.15) is 0 Å². The standard InChI is InChI=1S/C16H24N2O/c1-12-6-7-15(9-13(12)2)18(3)16(19)10-14-5-4-8-17-11-14/h6-7,9,14,17H,4-5,8,10-11H2,1-3H3. The van der Waals surface area contributed by atoms with Crippen molar-refractivity contribution in [1.29, 1.82) is 0 Å². The molecule has 0 aliphatic carbocycles. The Labute approximate surface area is 116 Å². The van der Waals surface area contributed by atoms with E-state index in [1.54, 1.807) is 4.90 Å². The molecule has 1 aliphatic heterocycles. The van der Waals surface area contributed by atoms with E-state index in [2.05, 4.69) is 31.3 Å². The van der Waals surface area contributed by atoms with Crippen LogP contribution in [0.3, 0.4) is 0 Å². The summed E-state index contributed by atoms with van der Waals surface area (Å²) in [7, 11) is 1.88. The molecule has 1 heterocycles. The number of amides is 1. The second kappa shape index (κ2) is 6.20. The van der Waals surface area contributed by atoms with Crippen molar-refractivity contribution < 1.29 is 4.79 Å². The second-order valence-corrected chi connectivity index (χ2v) is 5.64. The average Bonchev–Trinajstić information content (AvgIpc) is 2.42. The third kappa shape index (κ3) is 3.57. The number of benzene rings is 1. The van der Waals surface area contributed by atoms with Gasteiger partial charge < -0.3 is 10.2 Å². The van der Waals surface area contributed by atoms with E-state index in [0.717, 1.165) is 18.8 Å². The Morgan fingerprint density at radius 3 is 2.79 bits per heavy atom. The number of piperidine rings is 1. The third-order valence-corrected chi connectivity index (χ3v) is 4.11. The van der Waals surface area contributed by atoms with Gasteiger partial charge in [0.05, 0.1) is 0 Å². The van der Waals surface area contributed by atoms with Gasteiger partial charge in [-0.15, -0.1) is 0 Å². The highest BCUT2D eigenvalue weighted by Gasteiger charge is 2.19. The van der Waals surface area contributed by atoms with Crippen molar-refractivity contribution in [2.24, 2.45) is 5.92 Å². The van der Waals surface area contributed by atoms with E-state index < -0.39 is 0 Å². The van der Waals surface area contributed by atoms with Gasteiger partial charge in [-0.05, 0) is 69.0 Å². The molecule has 3 nitrogen and oxygen atoms in total. The fraction of sp³-hybridized carbons (Fsp3) is 0.562. The highest BCUT2D eigenvalue weighted by atomic mass is 16.2. The second-order valence-electron chi connectivity index (χ2n) is 5.64. The maximum absolute atomic E-state index is 12.3. The van der Waals surface area contributed by atoms with Gasteiger partial charge in [-0.3, -0.25) is 4.79 Å². The summed E-state index contributed by atoms with van der Waals surface area (Å²) in [5.41, 5.74) is 3.49. The number of anilines is 1. The van der Waals surface area contributed by atoms with Crippen LogP contribution in [0.5, 0.6) is 0 Å². The predicted octanol–water partition coefficient (Wildman–Crippen LogP) is 2.66. The van der Waals surface area contributed by atoms with Crippen LogP contribution in [0.1, 0.15) is 30.4 Å². The van der Waals surface area contributed by atoms with Crippen LogP contribution in [0.15, 0.2) is 18.2 Å². The molecule has 2 rings (SSSR count). The van der Waals surface area contributed by atoms with Crippen molar-refractivity contribution in [3.05, 3.63) is 29.3 Å². The maximum Gasteiger partial charge on any atom is 0.227 e. The van der Waals surface area contributed by atoms with Crippen LogP contribution < -0.4 is 10.2 Å². The zero-order valence-corrected chi connectivity index (χ0v) is 12.2. The van der Waals surface area contributed by atoms with Crippen molar-refractivity contribution >= 4 is 11.6 Å². The Morgan fingerprint density at radius 1 is 1.37 bits per heavy atom. The third-order valence-electron chi connectivity index (χ3n) is 4.11. The first-order valence-corrected chi connectivity index (χ1v) is 7.12. The van der Waals surface area contributed by atoms with Crippen molar-refractivity contribution in [1.82, 2.24) is 5.32 Å².